The fourth-order valence-electron chi connectivity index (χ4n) is 3.21. The summed E-state index contributed by atoms with van der Waals surface area (Å²) in [5.74, 6) is 1.56. The first-order valence-corrected chi connectivity index (χ1v) is 9.81. The van der Waals surface area contributed by atoms with E-state index in [1.807, 2.05) is 67.6 Å². The summed E-state index contributed by atoms with van der Waals surface area (Å²) in [4.78, 5) is 21.1. The van der Waals surface area contributed by atoms with Gasteiger partial charge >= 0.3 is 0 Å². The molecule has 1 amide bonds. The molecule has 3 aromatic carbocycles. The number of anilines is 2. The van der Waals surface area contributed by atoms with Crippen molar-refractivity contribution in [2.24, 2.45) is 0 Å². The maximum atomic E-state index is 12.9. The average Bonchev–Trinajstić information content (AvgIpc) is 2.79. The molecule has 0 spiro atoms. The Kier molecular flexibility index (Phi) is 5.62. The van der Waals surface area contributed by atoms with Gasteiger partial charge in [-0.05, 0) is 59.7 Å². The van der Waals surface area contributed by atoms with E-state index >= 15 is 0 Å². The number of allylic oxidation sites excluding steroid dienone is 1. The largest absolute Gasteiger partial charge is 0.439 e. The second-order valence-corrected chi connectivity index (χ2v) is 7.09. The Bertz CT molecular complexity index is 1270. The minimum atomic E-state index is -0.170. The van der Waals surface area contributed by atoms with Crippen LogP contribution in [-0.4, -0.2) is 22.9 Å². The number of ether oxygens (including phenoxy) is 1. The molecule has 154 valence electrons. The Balaban J connectivity index is 1.57. The van der Waals surface area contributed by atoms with Crippen LogP contribution in [-0.2, 0) is 0 Å². The Hall–Kier alpha value is -4.19. The lowest BCUT2D eigenvalue weighted by molar-refractivity contribution is 0.102. The van der Waals surface area contributed by atoms with E-state index < -0.39 is 0 Å². The molecule has 4 aromatic rings. The third kappa shape index (κ3) is 4.53. The molecule has 0 saturated heterocycles. The molecule has 6 nitrogen and oxygen atoms in total. The van der Waals surface area contributed by atoms with Gasteiger partial charge < -0.3 is 15.4 Å². The molecule has 0 radical (unpaired) electrons. The molecule has 0 fully saturated rings. The summed E-state index contributed by atoms with van der Waals surface area (Å²) in [6, 6.07) is 20.5. The summed E-state index contributed by atoms with van der Waals surface area (Å²) in [5, 5.41) is 7.64. The minimum Gasteiger partial charge on any atom is -0.439 e. The highest BCUT2D eigenvalue weighted by atomic mass is 16.5. The molecule has 0 atom stereocenters. The van der Waals surface area contributed by atoms with Gasteiger partial charge in [-0.2, -0.15) is 0 Å². The summed E-state index contributed by atoms with van der Waals surface area (Å²) in [7, 11) is 1.78. The van der Waals surface area contributed by atoms with Crippen molar-refractivity contribution in [2.75, 3.05) is 17.7 Å². The quantitative estimate of drug-likeness (QED) is 0.423. The summed E-state index contributed by atoms with van der Waals surface area (Å²) in [6.07, 6.45) is 1.44. The zero-order valence-corrected chi connectivity index (χ0v) is 17.3. The smallest absolute Gasteiger partial charge is 0.256 e. The molecule has 1 heterocycles. The van der Waals surface area contributed by atoms with Gasteiger partial charge in [-0.25, -0.2) is 9.97 Å². The third-order valence-electron chi connectivity index (χ3n) is 4.85. The molecule has 1 aromatic heterocycles. The van der Waals surface area contributed by atoms with Crippen molar-refractivity contribution in [2.45, 2.75) is 6.92 Å². The lowest BCUT2D eigenvalue weighted by atomic mass is 10.0. The molecule has 0 aliphatic carbocycles. The first-order valence-electron chi connectivity index (χ1n) is 9.81. The molecule has 31 heavy (non-hydrogen) atoms. The maximum Gasteiger partial charge on any atom is 0.256 e. The topological polar surface area (TPSA) is 76.1 Å². The normalized spacial score (nSPS) is 10.5. The molecule has 2 N–H and O–H groups in total. The van der Waals surface area contributed by atoms with Crippen molar-refractivity contribution in [1.29, 1.82) is 0 Å². The molecule has 0 bridgehead atoms. The van der Waals surface area contributed by atoms with Crippen LogP contribution in [0.1, 0.15) is 22.8 Å². The third-order valence-corrected chi connectivity index (χ3v) is 4.85. The first-order chi connectivity index (χ1) is 15.0. The number of aromatic nitrogens is 2. The fourth-order valence-corrected chi connectivity index (χ4v) is 3.21. The van der Waals surface area contributed by atoms with E-state index in [1.165, 1.54) is 6.33 Å². The van der Waals surface area contributed by atoms with Crippen LogP contribution in [0.3, 0.4) is 0 Å². The number of rotatable bonds is 6. The second kappa shape index (κ2) is 8.67. The standard InChI is InChI=1S/C25H22N4O2/c1-16(2)17-7-9-19(10-8-17)29-25(30)22-6-4-5-18-13-20(11-12-21(18)22)31-24-14-23(26-3)27-15-28-24/h4-15H,1H2,2-3H3,(H,29,30)(H,26,27,28). The van der Waals surface area contributed by atoms with Gasteiger partial charge in [-0.1, -0.05) is 36.4 Å². The van der Waals surface area contributed by atoms with Gasteiger partial charge in [0.1, 0.15) is 17.9 Å². The summed E-state index contributed by atoms with van der Waals surface area (Å²) in [5.41, 5.74) is 3.35. The molecule has 0 aliphatic heterocycles. The van der Waals surface area contributed by atoms with Crippen LogP contribution < -0.4 is 15.4 Å². The number of hydrogen-bond acceptors (Lipinski definition) is 5. The van der Waals surface area contributed by atoms with E-state index in [-0.39, 0.29) is 5.91 Å². The Morgan fingerprint density at radius 3 is 2.55 bits per heavy atom. The molecule has 6 heteroatoms. The van der Waals surface area contributed by atoms with Crippen LogP contribution in [0.5, 0.6) is 11.6 Å². The SMILES string of the molecule is C=C(C)c1ccc(NC(=O)c2cccc3cc(Oc4cc(NC)ncn4)ccc23)cc1. The van der Waals surface area contributed by atoms with Crippen LogP contribution in [0.15, 0.2) is 79.6 Å². The Morgan fingerprint density at radius 2 is 1.81 bits per heavy atom. The number of carbonyl (C=O) groups is 1. The molecule has 0 saturated carbocycles. The monoisotopic (exact) mass is 410 g/mol. The van der Waals surface area contributed by atoms with E-state index in [0.29, 0.717) is 23.0 Å². The predicted octanol–water partition coefficient (Wildman–Crippen LogP) is 5.75. The highest BCUT2D eigenvalue weighted by molar-refractivity contribution is 6.13. The summed E-state index contributed by atoms with van der Waals surface area (Å²) < 4.78 is 5.86. The van der Waals surface area contributed by atoms with Gasteiger partial charge in [0.25, 0.3) is 5.91 Å². The molecular formula is C25H22N4O2. The number of nitrogens with one attached hydrogen (secondary N) is 2. The van der Waals surface area contributed by atoms with E-state index in [9.17, 15) is 4.79 Å². The fraction of sp³-hybridized carbons (Fsp3) is 0.0800. The lowest BCUT2D eigenvalue weighted by Gasteiger charge is -2.11. The maximum absolute atomic E-state index is 12.9. The van der Waals surface area contributed by atoms with Crippen molar-refractivity contribution in [1.82, 2.24) is 9.97 Å². The highest BCUT2D eigenvalue weighted by Crippen LogP contribution is 2.28. The number of fused-ring (bicyclic) bond motifs is 1. The Morgan fingerprint density at radius 1 is 1.00 bits per heavy atom. The van der Waals surface area contributed by atoms with Crippen molar-refractivity contribution < 1.29 is 9.53 Å². The molecule has 4 rings (SSSR count). The number of amides is 1. The van der Waals surface area contributed by atoms with Gasteiger partial charge in [0.15, 0.2) is 0 Å². The number of hydrogen-bond donors (Lipinski definition) is 2. The van der Waals surface area contributed by atoms with Crippen molar-refractivity contribution in [3.05, 3.63) is 90.8 Å². The predicted molar refractivity (Wildman–Crippen MR) is 125 cm³/mol. The lowest BCUT2D eigenvalue weighted by Crippen LogP contribution is -2.12. The van der Waals surface area contributed by atoms with Gasteiger partial charge in [0.05, 0.1) is 0 Å². The summed E-state index contributed by atoms with van der Waals surface area (Å²) >= 11 is 0. The number of carbonyl (C=O) groups excluding carboxylic acids is 1. The Labute approximate surface area is 180 Å². The van der Waals surface area contributed by atoms with Gasteiger partial charge in [-0.3, -0.25) is 4.79 Å². The van der Waals surface area contributed by atoms with Crippen LogP contribution in [0, 0.1) is 0 Å². The molecule has 0 unspecified atom stereocenters. The van der Waals surface area contributed by atoms with Crippen LogP contribution >= 0.6 is 0 Å². The van der Waals surface area contributed by atoms with E-state index in [1.54, 1.807) is 13.1 Å². The van der Waals surface area contributed by atoms with E-state index in [0.717, 1.165) is 27.6 Å². The number of nitrogens with zero attached hydrogens (tertiary/aromatic N) is 2. The van der Waals surface area contributed by atoms with Crippen LogP contribution in [0.4, 0.5) is 11.5 Å². The zero-order valence-electron chi connectivity index (χ0n) is 17.3. The van der Waals surface area contributed by atoms with Gasteiger partial charge in [0, 0.05) is 24.4 Å². The zero-order chi connectivity index (χ0) is 21.8. The highest BCUT2D eigenvalue weighted by Gasteiger charge is 2.11. The van der Waals surface area contributed by atoms with Crippen LogP contribution in [0.25, 0.3) is 16.3 Å². The minimum absolute atomic E-state index is 0.170. The molecule has 0 aliphatic rings. The second-order valence-electron chi connectivity index (χ2n) is 7.09. The van der Waals surface area contributed by atoms with E-state index in [4.69, 9.17) is 4.74 Å². The summed E-state index contributed by atoms with van der Waals surface area (Å²) in [6.45, 7) is 5.88. The first kappa shape index (κ1) is 20.1. The van der Waals surface area contributed by atoms with Gasteiger partial charge in [0.2, 0.25) is 5.88 Å². The van der Waals surface area contributed by atoms with E-state index in [2.05, 4.69) is 27.2 Å². The van der Waals surface area contributed by atoms with Gasteiger partial charge in [-0.15, -0.1) is 0 Å². The van der Waals surface area contributed by atoms with Crippen LogP contribution in [0.2, 0.25) is 0 Å². The van der Waals surface area contributed by atoms with Crippen molar-refractivity contribution in [3.63, 3.8) is 0 Å². The average molecular weight is 410 g/mol. The molecular weight excluding hydrogens is 388 g/mol. The number of benzene rings is 3. The van der Waals surface area contributed by atoms with Crippen molar-refractivity contribution in [3.8, 4) is 11.6 Å². The van der Waals surface area contributed by atoms with Crippen molar-refractivity contribution >= 4 is 33.8 Å².